The molecule has 1 fully saturated rings. The molecule has 1 amide bonds. The van der Waals surface area contributed by atoms with Crippen LogP contribution < -0.4 is 5.32 Å². The van der Waals surface area contributed by atoms with Crippen molar-refractivity contribution in [3.05, 3.63) is 41.2 Å². The predicted molar refractivity (Wildman–Crippen MR) is 75.4 cm³/mol. The van der Waals surface area contributed by atoms with Gasteiger partial charge in [-0.2, -0.15) is 0 Å². The van der Waals surface area contributed by atoms with Gasteiger partial charge in [-0.15, -0.1) is 0 Å². The summed E-state index contributed by atoms with van der Waals surface area (Å²) in [7, 11) is 0. The monoisotopic (exact) mass is 309 g/mol. The zero-order valence-electron chi connectivity index (χ0n) is 10.9. The van der Waals surface area contributed by atoms with Gasteiger partial charge in [0.15, 0.2) is 0 Å². The van der Waals surface area contributed by atoms with Gasteiger partial charge in [-0.25, -0.2) is 4.39 Å². The second-order valence-corrected chi connectivity index (χ2v) is 5.86. The van der Waals surface area contributed by atoms with E-state index in [-0.39, 0.29) is 22.8 Å². The zero-order valence-corrected chi connectivity index (χ0v) is 11.7. The van der Waals surface area contributed by atoms with Crippen LogP contribution in [0, 0.1) is 29.5 Å². The van der Waals surface area contributed by atoms with Crippen molar-refractivity contribution in [3.63, 3.8) is 0 Å². The van der Waals surface area contributed by atoms with Crippen LogP contribution in [0.5, 0.6) is 0 Å². The van der Waals surface area contributed by atoms with Gasteiger partial charge in [-0.1, -0.05) is 23.8 Å². The number of nitrogens with one attached hydrogen (secondary N) is 1. The Bertz CT molecular complexity index is 646. The Kier molecular flexibility index (Phi) is 3.45. The molecule has 0 spiro atoms. The first-order chi connectivity index (χ1) is 9.97. The average Bonchev–Trinajstić information content (AvgIpc) is 3.02. The topological polar surface area (TPSA) is 66.4 Å². The van der Waals surface area contributed by atoms with E-state index in [0.29, 0.717) is 12.1 Å². The number of rotatable bonds is 3. The molecule has 4 unspecified atom stereocenters. The molecule has 1 aromatic carbocycles. The van der Waals surface area contributed by atoms with Gasteiger partial charge < -0.3 is 10.4 Å². The third-order valence-corrected chi connectivity index (χ3v) is 4.55. The average molecular weight is 310 g/mol. The van der Waals surface area contributed by atoms with Crippen molar-refractivity contribution in [2.24, 2.45) is 23.7 Å². The number of aliphatic carboxylic acids is 1. The third-order valence-electron chi connectivity index (χ3n) is 4.24. The maximum absolute atomic E-state index is 13.0. The highest BCUT2D eigenvalue weighted by Gasteiger charge is 2.51. The summed E-state index contributed by atoms with van der Waals surface area (Å²) in [4.78, 5) is 23.8. The Hall–Kier alpha value is -1.88. The van der Waals surface area contributed by atoms with E-state index in [9.17, 15) is 19.1 Å². The summed E-state index contributed by atoms with van der Waals surface area (Å²) in [6, 6.07) is 3.66. The highest BCUT2D eigenvalue weighted by atomic mass is 35.5. The minimum Gasteiger partial charge on any atom is -0.481 e. The van der Waals surface area contributed by atoms with Gasteiger partial charge in [0.25, 0.3) is 0 Å². The van der Waals surface area contributed by atoms with Crippen LogP contribution in [0.1, 0.15) is 6.42 Å². The first-order valence-corrected chi connectivity index (χ1v) is 7.02. The maximum Gasteiger partial charge on any atom is 0.307 e. The van der Waals surface area contributed by atoms with Crippen molar-refractivity contribution in [2.75, 3.05) is 5.32 Å². The van der Waals surface area contributed by atoms with Crippen LogP contribution in [0.3, 0.4) is 0 Å². The summed E-state index contributed by atoms with van der Waals surface area (Å²) in [5.74, 6) is -3.31. The molecule has 0 radical (unpaired) electrons. The Morgan fingerprint density at radius 1 is 1.24 bits per heavy atom. The summed E-state index contributed by atoms with van der Waals surface area (Å²) in [5.41, 5.74) is 0.291. The number of amides is 1. The molecule has 2 aliphatic carbocycles. The molecule has 4 nitrogen and oxygen atoms in total. The molecule has 4 atom stereocenters. The van der Waals surface area contributed by atoms with Crippen molar-refractivity contribution < 1.29 is 19.1 Å². The van der Waals surface area contributed by atoms with Gasteiger partial charge in [-0.05, 0) is 36.5 Å². The Balaban J connectivity index is 1.82. The van der Waals surface area contributed by atoms with Crippen LogP contribution in [0.15, 0.2) is 30.4 Å². The summed E-state index contributed by atoms with van der Waals surface area (Å²) in [5, 5.41) is 12.0. The molecule has 21 heavy (non-hydrogen) atoms. The predicted octanol–water partition coefficient (Wildman–Crippen LogP) is 2.94. The van der Waals surface area contributed by atoms with Crippen LogP contribution in [-0.2, 0) is 9.59 Å². The molecular weight excluding hydrogens is 297 g/mol. The van der Waals surface area contributed by atoms with Crippen LogP contribution in [0.25, 0.3) is 0 Å². The molecule has 2 N–H and O–H groups in total. The van der Waals surface area contributed by atoms with Crippen molar-refractivity contribution in [2.45, 2.75) is 6.42 Å². The fourth-order valence-corrected chi connectivity index (χ4v) is 3.54. The molecule has 110 valence electrons. The van der Waals surface area contributed by atoms with Crippen LogP contribution in [0.2, 0.25) is 5.02 Å². The van der Waals surface area contributed by atoms with E-state index < -0.39 is 23.6 Å². The molecule has 2 bridgehead atoms. The number of hydrogen-bond acceptors (Lipinski definition) is 2. The fourth-order valence-electron chi connectivity index (χ4n) is 3.32. The second kappa shape index (κ2) is 5.15. The summed E-state index contributed by atoms with van der Waals surface area (Å²) < 4.78 is 13.0. The lowest BCUT2D eigenvalue weighted by Gasteiger charge is -2.24. The Labute approximate surface area is 125 Å². The van der Waals surface area contributed by atoms with Gasteiger partial charge >= 0.3 is 5.97 Å². The zero-order chi connectivity index (χ0) is 15.1. The van der Waals surface area contributed by atoms with Gasteiger partial charge in [-0.3, -0.25) is 9.59 Å². The number of carboxylic acid groups (broad SMARTS) is 1. The highest BCUT2D eigenvalue weighted by molar-refractivity contribution is 6.33. The van der Waals surface area contributed by atoms with E-state index in [4.69, 9.17) is 11.6 Å². The number of carbonyl (C=O) groups is 2. The second-order valence-electron chi connectivity index (χ2n) is 5.45. The lowest BCUT2D eigenvalue weighted by molar-refractivity contribution is -0.146. The lowest BCUT2D eigenvalue weighted by atomic mass is 9.82. The van der Waals surface area contributed by atoms with Gasteiger partial charge in [0.1, 0.15) is 5.82 Å². The first-order valence-electron chi connectivity index (χ1n) is 6.64. The van der Waals surface area contributed by atoms with Crippen molar-refractivity contribution >= 4 is 29.2 Å². The number of halogens is 2. The Morgan fingerprint density at radius 2 is 1.90 bits per heavy atom. The molecule has 0 heterocycles. The summed E-state index contributed by atoms with van der Waals surface area (Å²) in [6.45, 7) is 0. The smallest absolute Gasteiger partial charge is 0.307 e. The molecule has 1 saturated carbocycles. The van der Waals surface area contributed by atoms with Crippen molar-refractivity contribution in [1.82, 2.24) is 0 Å². The highest BCUT2D eigenvalue weighted by Crippen LogP contribution is 2.48. The molecule has 2 aliphatic rings. The Morgan fingerprint density at radius 3 is 2.52 bits per heavy atom. The van der Waals surface area contributed by atoms with E-state index in [1.807, 2.05) is 12.2 Å². The van der Waals surface area contributed by atoms with Crippen molar-refractivity contribution in [3.8, 4) is 0 Å². The van der Waals surface area contributed by atoms with Gasteiger partial charge in [0.2, 0.25) is 5.91 Å². The van der Waals surface area contributed by atoms with Crippen LogP contribution in [-0.4, -0.2) is 17.0 Å². The quantitative estimate of drug-likeness (QED) is 0.844. The molecule has 0 aliphatic heterocycles. The molecule has 1 aromatic rings. The lowest BCUT2D eigenvalue weighted by Crippen LogP contribution is -2.36. The maximum atomic E-state index is 13.0. The van der Waals surface area contributed by atoms with Gasteiger partial charge in [0, 0.05) is 0 Å². The van der Waals surface area contributed by atoms with Crippen LogP contribution >= 0.6 is 11.6 Å². The van der Waals surface area contributed by atoms with E-state index in [1.54, 1.807) is 0 Å². The number of carboxylic acids is 1. The normalized spacial score (nSPS) is 29.6. The van der Waals surface area contributed by atoms with E-state index in [1.165, 1.54) is 12.1 Å². The van der Waals surface area contributed by atoms with E-state index in [0.717, 1.165) is 6.07 Å². The molecule has 0 aromatic heterocycles. The summed E-state index contributed by atoms with van der Waals surface area (Å²) in [6.07, 6.45) is 4.46. The minimum absolute atomic E-state index is 0.0599. The number of fused-ring (bicyclic) bond motifs is 2. The number of allylic oxidation sites excluding steroid dienone is 2. The largest absolute Gasteiger partial charge is 0.481 e. The van der Waals surface area contributed by atoms with E-state index in [2.05, 4.69) is 5.32 Å². The van der Waals surface area contributed by atoms with Crippen molar-refractivity contribution in [1.29, 1.82) is 0 Å². The first kappa shape index (κ1) is 14.1. The summed E-state index contributed by atoms with van der Waals surface area (Å²) >= 11 is 5.87. The van der Waals surface area contributed by atoms with Gasteiger partial charge in [0.05, 0.1) is 22.5 Å². The molecule has 6 heteroatoms. The third kappa shape index (κ3) is 2.42. The SMILES string of the molecule is O=C(O)C1C2C=CC(C2)C1C(=O)Nc1ccc(F)cc1Cl. The molecule has 3 rings (SSSR count). The fraction of sp³-hybridized carbons (Fsp3) is 0.333. The van der Waals surface area contributed by atoms with E-state index >= 15 is 0 Å². The number of hydrogen-bond donors (Lipinski definition) is 2. The number of anilines is 1. The van der Waals surface area contributed by atoms with Crippen LogP contribution in [0.4, 0.5) is 10.1 Å². The number of benzene rings is 1. The molecule has 0 saturated heterocycles. The minimum atomic E-state index is -0.961. The number of carbonyl (C=O) groups excluding carboxylic acids is 1. The molecular formula is C15H13ClFNO3. The standard InChI is InChI=1S/C15H13ClFNO3/c16-10-6-9(17)3-4-11(10)18-14(19)12-7-1-2-8(5-7)13(12)15(20)21/h1-4,6-8,12-13H,5H2,(H,18,19)(H,20,21).